The van der Waals surface area contributed by atoms with E-state index in [4.69, 9.17) is 0 Å². The molecule has 5 rings (SSSR count). The van der Waals surface area contributed by atoms with Gasteiger partial charge in [0.15, 0.2) is 15.5 Å². The summed E-state index contributed by atoms with van der Waals surface area (Å²) in [6.07, 6.45) is 3.58. The highest BCUT2D eigenvalue weighted by molar-refractivity contribution is 7.90. The van der Waals surface area contributed by atoms with Crippen molar-refractivity contribution in [2.24, 2.45) is 5.92 Å². The van der Waals surface area contributed by atoms with Gasteiger partial charge in [-0.25, -0.2) is 22.8 Å². The number of aryl methyl sites for hydroxylation is 1. The Morgan fingerprint density at radius 3 is 2.56 bits per heavy atom. The second kappa shape index (κ2) is 7.54. The van der Waals surface area contributed by atoms with E-state index in [0.717, 1.165) is 24.8 Å². The van der Waals surface area contributed by atoms with Crippen molar-refractivity contribution in [3.05, 3.63) is 35.7 Å². The number of amides is 1. The second-order valence-electron chi connectivity index (χ2n) is 8.70. The molecule has 2 aliphatic rings. The number of nitrogens with one attached hydrogen (secondary N) is 3. The number of anilines is 3. The molecular formula is C22H24FN5O3S. The molecular weight excluding hydrogens is 433 g/mol. The van der Waals surface area contributed by atoms with Crippen LogP contribution in [-0.2, 0) is 14.6 Å². The number of sulfone groups is 1. The number of aromatic nitrogens is 3. The molecule has 3 N–H and O–H groups in total. The highest BCUT2D eigenvalue weighted by atomic mass is 32.2. The van der Waals surface area contributed by atoms with Crippen molar-refractivity contribution in [2.45, 2.75) is 49.6 Å². The van der Waals surface area contributed by atoms with Crippen molar-refractivity contribution in [2.75, 3.05) is 16.9 Å². The first kappa shape index (κ1) is 20.9. The fourth-order valence-corrected chi connectivity index (χ4v) is 4.88. The number of hydrogen-bond acceptors (Lipinski definition) is 6. The van der Waals surface area contributed by atoms with E-state index in [1.54, 1.807) is 25.1 Å². The number of imidazole rings is 1. The molecule has 0 spiro atoms. The maximum absolute atomic E-state index is 13.3. The molecule has 2 aliphatic carbocycles. The minimum Gasteiger partial charge on any atom is -0.353 e. The largest absolute Gasteiger partial charge is 0.353 e. The number of hydrogen-bond donors (Lipinski definition) is 3. The molecule has 2 atom stereocenters. The summed E-state index contributed by atoms with van der Waals surface area (Å²) in [6, 6.07) is 7.07. The van der Waals surface area contributed by atoms with Gasteiger partial charge in [-0.2, -0.15) is 0 Å². The fraction of sp³-hybridized carbons (Fsp3) is 0.409. The summed E-state index contributed by atoms with van der Waals surface area (Å²) in [5.74, 6) is 0.164. The molecule has 0 radical (unpaired) electrons. The number of carbonyl (C=O) groups excluding carboxylic acids is 1. The molecule has 2 fully saturated rings. The van der Waals surface area contributed by atoms with E-state index >= 15 is 0 Å². The number of aromatic amines is 1. The fourth-order valence-electron chi connectivity index (χ4n) is 4.01. The number of halogens is 1. The molecule has 8 nitrogen and oxygen atoms in total. The predicted molar refractivity (Wildman–Crippen MR) is 120 cm³/mol. The topological polar surface area (TPSA) is 117 Å². The van der Waals surface area contributed by atoms with Crippen LogP contribution in [0, 0.1) is 12.8 Å². The lowest BCUT2D eigenvalue weighted by molar-refractivity contribution is -0.117. The minimum atomic E-state index is -3.50. The van der Waals surface area contributed by atoms with Crippen LogP contribution in [0.5, 0.6) is 0 Å². The van der Waals surface area contributed by atoms with Gasteiger partial charge in [0, 0.05) is 12.3 Å². The molecule has 32 heavy (non-hydrogen) atoms. The first-order valence-electron chi connectivity index (χ1n) is 10.6. The van der Waals surface area contributed by atoms with Crippen molar-refractivity contribution < 1.29 is 17.6 Å². The molecule has 2 aromatic heterocycles. The number of alkyl halides is 1. The number of carbonyl (C=O) groups is 1. The highest BCUT2D eigenvalue weighted by Gasteiger charge is 2.43. The third kappa shape index (κ3) is 3.94. The van der Waals surface area contributed by atoms with E-state index in [1.807, 2.05) is 6.07 Å². The van der Waals surface area contributed by atoms with E-state index in [0.29, 0.717) is 34.3 Å². The van der Waals surface area contributed by atoms with Gasteiger partial charge >= 0.3 is 0 Å². The number of nitrogens with zero attached hydrogens (tertiary/aromatic N) is 2. The van der Waals surface area contributed by atoms with Crippen LogP contribution >= 0.6 is 0 Å². The molecule has 1 amide bonds. The van der Waals surface area contributed by atoms with Crippen molar-refractivity contribution in [3.8, 4) is 0 Å². The van der Waals surface area contributed by atoms with Crippen molar-refractivity contribution in [1.82, 2.24) is 15.0 Å². The molecule has 0 aliphatic heterocycles. The molecule has 168 valence electrons. The first-order valence-corrected chi connectivity index (χ1v) is 12.5. The molecule has 0 bridgehead atoms. The van der Waals surface area contributed by atoms with Gasteiger partial charge in [0.2, 0.25) is 5.91 Å². The SMILES string of the molecule is Cc1nc2nc(NC(=O)[C@H]3CC3F)cc(Nc3ccc(C4CCC4)cc3S(C)(=O)=O)c2[nH]1. The van der Waals surface area contributed by atoms with E-state index in [2.05, 4.69) is 25.6 Å². The van der Waals surface area contributed by atoms with Gasteiger partial charge in [-0.1, -0.05) is 12.5 Å². The average molecular weight is 458 g/mol. The van der Waals surface area contributed by atoms with Crippen LogP contribution < -0.4 is 10.6 Å². The molecule has 2 heterocycles. The summed E-state index contributed by atoms with van der Waals surface area (Å²) in [5, 5.41) is 5.83. The van der Waals surface area contributed by atoms with Crippen LogP contribution in [0.3, 0.4) is 0 Å². The standard InChI is InChI=1S/C22H24FN5O3S/c1-11-24-20-17(10-19(27-21(20)25-11)28-22(29)14-9-15(14)23)26-16-7-6-13(12-4-3-5-12)8-18(16)32(2,30)31/h6-8,10,12,14-15H,3-5,9H2,1-2H3,(H3,24,25,26,27,28,29)/t14-,15?/m0/s1. The highest BCUT2D eigenvalue weighted by Crippen LogP contribution is 2.39. The minimum absolute atomic E-state index is 0.214. The van der Waals surface area contributed by atoms with E-state index < -0.39 is 27.8 Å². The average Bonchev–Trinajstić information content (AvgIpc) is 3.28. The second-order valence-corrected chi connectivity index (χ2v) is 10.7. The first-order chi connectivity index (χ1) is 15.2. The van der Waals surface area contributed by atoms with Crippen LogP contribution in [-0.4, -0.2) is 41.7 Å². The Morgan fingerprint density at radius 2 is 1.94 bits per heavy atom. The van der Waals surface area contributed by atoms with Gasteiger partial charge in [-0.15, -0.1) is 0 Å². The third-order valence-electron chi connectivity index (χ3n) is 6.13. The van der Waals surface area contributed by atoms with Gasteiger partial charge in [0.1, 0.15) is 23.3 Å². The number of rotatable bonds is 6. The number of pyridine rings is 1. The zero-order chi connectivity index (χ0) is 22.6. The van der Waals surface area contributed by atoms with Gasteiger partial charge in [0.25, 0.3) is 0 Å². The third-order valence-corrected chi connectivity index (χ3v) is 7.27. The van der Waals surface area contributed by atoms with Gasteiger partial charge < -0.3 is 15.6 Å². The number of H-pyrrole nitrogens is 1. The van der Waals surface area contributed by atoms with E-state index in [-0.39, 0.29) is 17.1 Å². The van der Waals surface area contributed by atoms with E-state index in [9.17, 15) is 17.6 Å². The summed E-state index contributed by atoms with van der Waals surface area (Å²) >= 11 is 0. The lowest BCUT2D eigenvalue weighted by Gasteiger charge is -2.26. The van der Waals surface area contributed by atoms with Crippen molar-refractivity contribution >= 4 is 44.1 Å². The molecule has 1 aromatic carbocycles. The summed E-state index contributed by atoms with van der Waals surface area (Å²) in [5.41, 5.74) is 2.91. The van der Waals surface area contributed by atoms with Crippen molar-refractivity contribution in [1.29, 1.82) is 0 Å². The van der Waals surface area contributed by atoms with Gasteiger partial charge in [-0.3, -0.25) is 4.79 Å². The summed E-state index contributed by atoms with van der Waals surface area (Å²) in [7, 11) is -3.50. The van der Waals surface area contributed by atoms with Gasteiger partial charge in [-0.05, 0) is 49.8 Å². The van der Waals surface area contributed by atoms with Crippen LogP contribution in [0.15, 0.2) is 29.2 Å². The Morgan fingerprint density at radius 1 is 1.19 bits per heavy atom. The van der Waals surface area contributed by atoms with E-state index in [1.165, 1.54) is 6.26 Å². The maximum atomic E-state index is 13.3. The van der Waals surface area contributed by atoms with Crippen molar-refractivity contribution in [3.63, 3.8) is 0 Å². The quantitative estimate of drug-likeness (QED) is 0.516. The Labute approximate surface area is 185 Å². The van der Waals surface area contributed by atoms with Crippen LogP contribution in [0.1, 0.15) is 43.0 Å². The Bertz CT molecular complexity index is 1330. The molecule has 10 heteroatoms. The lowest BCUT2D eigenvalue weighted by atomic mass is 9.80. The zero-order valence-electron chi connectivity index (χ0n) is 17.8. The normalized spacial score (nSPS) is 20.7. The number of fused-ring (bicyclic) bond motifs is 1. The number of benzene rings is 1. The van der Waals surface area contributed by atoms with Crippen LogP contribution in [0.2, 0.25) is 0 Å². The Balaban J connectivity index is 1.53. The maximum Gasteiger partial charge on any atom is 0.231 e. The Hall–Kier alpha value is -3.01. The molecule has 3 aromatic rings. The predicted octanol–water partition coefficient (Wildman–Crippen LogP) is 3.98. The Kier molecular flexibility index (Phi) is 4.92. The van der Waals surface area contributed by atoms with Crippen LogP contribution in [0.25, 0.3) is 11.2 Å². The molecule has 1 unspecified atom stereocenters. The summed E-state index contributed by atoms with van der Waals surface area (Å²) < 4.78 is 38.4. The zero-order valence-corrected chi connectivity index (χ0v) is 18.6. The monoisotopic (exact) mass is 457 g/mol. The van der Waals surface area contributed by atoms with Crippen LogP contribution in [0.4, 0.5) is 21.6 Å². The smallest absolute Gasteiger partial charge is 0.231 e. The summed E-state index contributed by atoms with van der Waals surface area (Å²) in [4.78, 5) is 24.2. The summed E-state index contributed by atoms with van der Waals surface area (Å²) in [6.45, 7) is 1.77. The van der Waals surface area contributed by atoms with Gasteiger partial charge in [0.05, 0.1) is 22.2 Å². The lowest BCUT2D eigenvalue weighted by Crippen LogP contribution is -2.16. The molecule has 0 saturated heterocycles. The molecule has 2 saturated carbocycles.